The normalized spacial score (nSPS) is 16.4. The molecule has 1 heterocycles. The maximum Gasteiger partial charge on any atom is 0.322 e. The van der Waals surface area contributed by atoms with Crippen molar-refractivity contribution in [3.63, 3.8) is 0 Å². The van der Waals surface area contributed by atoms with E-state index in [1.807, 2.05) is 0 Å². The third-order valence-electron chi connectivity index (χ3n) is 3.28. The number of carboxylic acid groups (broad SMARTS) is 1. The van der Waals surface area contributed by atoms with Crippen LogP contribution in [-0.2, 0) is 4.79 Å². The quantitative estimate of drug-likeness (QED) is 0.751. The van der Waals surface area contributed by atoms with Crippen LogP contribution < -0.4 is 5.32 Å². The molecule has 1 fully saturated rings. The first kappa shape index (κ1) is 12.6. The average Bonchev–Trinajstić information content (AvgIpc) is 2.86. The molecule has 0 radical (unpaired) electrons. The van der Waals surface area contributed by atoms with Gasteiger partial charge >= 0.3 is 5.97 Å². The molecule has 18 heavy (non-hydrogen) atoms. The van der Waals surface area contributed by atoms with Crippen LogP contribution >= 0.6 is 0 Å². The van der Waals surface area contributed by atoms with Gasteiger partial charge in [0.05, 0.1) is 0 Å². The smallest absolute Gasteiger partial charge is 0.322 e. The van der Waals surface area contributed by atoms with Crippen LogP contribution in [0, 0.1) is 0 Å². The number of H-pyrrole nitrogens is 1. The fourth-order valence-electron chi connectivity index (χ4n) is 2.32. The Hall–Kier alpha value is -1.85. The van der Waals surface area contributed by atoms with E-state index >= 15 is 0 Å². The van der Waals surface area contributed by atoms with E-state index in [-0.39, 0.29) is 12.2 Å². The molecule has 1 aromatic rings. The van der Waals surface area contributed by atoms with E-state index in [0.29, 0.717) is 5.92 Å². The van der Waals surface area contributed by atoms with Gasteiger partial charge in [-0.2, -0.15) is 5.10 Å². The van der Waals surface area contributed by atoms with Crippen molar-refractivity contribution in [2.75, 3.05) is 6.54 Å². The van der Waals surface area contributed by atoms with Crippen LogP contribution in [0.4, 0.5) is 0 Å². The molecular weight excluding hydrogens is 234 g/mol. The minimum atomic E-state index is -1.06. The summed E-state index contributed by atoms with van der Waals surface area (Å²) in [4.78, 5) is 21.9. The summed E-state index contributed by atoms with van der Waals surface area (Å²) in [5, 5.41) is 17.6. The summed E-state index contributed by atoms with van der Waals surface area (Å²) in [7, 11) is 0. The highest BCUT2D eigenvalue weighted by Gasteiger charge is 2.19. The number of hydrogen-bond donors (Lipinski definition) is 3. The Balaban J connectivity index is 1.96. The van der Waals surface area contributed by atoms with E-state index in [1.54, 1.807) is 6.07 Å². The van der Waals surface area contributed by atoms with Crippen LogP contribution in [0.5, 0.6) is 0 Å². The number of aromatic amines is 1. The van der Waals surface area contributed by atoms with Gasteiger partial charge < -0.3 is 10.4 Å². The lowest BCUT2D eigenvalue weighted by Gasteiger charge is -2.19. The first-order chi connectivity index (χ1) is 8.66. The van der Waals surface area contributed by atoms with Gasteiger partial charge in [0.1, 0.15) is 12.2 Å². The van der Waals surface area contributed by atoms with Crippen molar-refractivity contribution in [3.8, 4) is 0 Å². The number of carbonyl (C=O) groups excluding carboxylic acids is 1. The van der Waals surface area contributed by atoms with Crippen molar-refractivity contribution < 1.29 is 14.7 Å². The Morgan fingerprint density at radius 1 is 1.39 bits per heavy atom. The summed E-state index contributed by atoms with van der Waals surface area (Å²) in [6, 6.07) is 1.73. The zero-order valence-corrected chi connectivity index (χ0v) is 10.1. The van der Waals surface area contributed by atoms with E-state index in [4.69, 9.17) is 5.11 Å². The number of rotatable bonds is 4. The SMILES string of the molecule is O=C(O)CNC(=O)c1cc(C2CCCCC2)[nH]n1. The van der Waals surface area contributed by atoms with Crippen LogP contribution in [-0.4, -0.2) is 33.7 Å². The predicted molar refractivity (Wildman–Crippen MR) is 64.4 cm³/mol. The standard InChI is InChI=1S/C12H17N3O3/c16-11(17)7-13-12(18)10-6-9(14-15-10)8-4-2-1-3-5-8/h6,8H,1-5,7H2,(H,13,18)(H,14,15)(H,16,17). The van der Waals surface area contributed by atoms with Gasteiger partial charge in [-0.15, -0.1) is 0 Å². The summed E-state index contributed by atoms with van der Waals surface area (Å²) >= 11 is 0. The summed E-state index contributed by atoms with van der Waals surface area (Å²) in [5.74, 6) is -1.06. The zero-order valence-electron chi connectivity index (χ0n) is 10.1. The minimum Gasteiger partial charge on any atom is -0.480 e. The molecule has 1 aliphatic rings. The molecule has 0 saturated heterocycles. The molecule has 6 nitrogen and oxygen atoms in total. The van der Waals surface area contributed by atoms with Crippen molar-refractivity contribution in [2.24, 2.45) is 0 Å². The van der Waals surface area contributed by atoms with Crippen LogP contribution in [0.1, 0.15) is 54.2 Å². The third kappa shape index (κ3) is 3.09. The summed E-state index contributed by atoms with van der Waals surface area (Å²) in [6.45, 7) is -0.384. The molecular formula is C12H17N3O3. The molecule has 0 aliphatic heterocycles. The van der Waals surface area contributed by atoms with Crippen LogP contribution in [0.2, 0.25) is 0 Å². The molecule has 2 rings (SSSR count). The molecule has 1 amide bonds. The fourth-order valence-corrected chi connectivity index (χ4v) is 2.32. The van der Waals surface area contributed by atoms with Crippen LogP contribution in [0.25, 0.3) is 0 Å². The highest BCUT2D eigenvalue weighted by atomic mass is 16.4. The number of nitrogens with one attached hydrogen (secondary N) is 2. The van der Waals surface area contributed by atoms with Crippen molar-refractivity contribution in [1.29, 1.82) is 0 Å². The highest BCUT2D eigenvalue weighted by molar-refractivity contribution is 5.94. The van der Waals surface area contributed by atoms with E-state index in [0.717, 1.165) is 18.5 Å². The van der Waals surface area contributed by atoms with Crippen molar-refractivity contribution in [1.82, 2.24) is 15.5 Å². The Morgan fingerprint density at radius 2 is 2.11 bits per heavy atom. The topological polar surface area (TPSA) is 95.1 Å². The Bertz CT molecular complexity index is 436. The van der Waals surface area contributed by atoms with Gasteiger partial charge in [0.15, 0.2) is 0 Å². The van der Waals surface area contributed by atoms with Gasteiger partial charge in [0, 0.05) is 11.6 Å². The van der Waals surface area contributed by atoms with E-state index < -0.39 is 11.9 Å². The lowest BCUT2D eigenvalue weighted by Crippen LogP contribution is -2.29. The van der Waals surface area contributed by atoms with Crippen molar-refractivity contribution in [3.05, 3.63) is 17.5 Å². The number of carbonyl (C=O) groups is 2. The maximum absolute atomic E-state index is 11.6. The lowest BCUT2D eigenvalue weighted by molar-refractivity contribution is -0.135. The number of nitrogens with zero attached hydrogens (tertiary/aromatic N) is 1. The zero-order chi connectivity index (χ0) is 13.0. The number of amides is 1. The van der Waals surface area contributed by atoms with Crippen molar-refractivity contribution >= 4 is 11.9 Å². The summed E-state index contributed by atoms with van der Waals surface area (Å²) in [5.41, 5.74) is 1.24. The van der Waals surface area contributed by atoms with Crippen molar-refractivity contribution in [2.45, 2.75) is 38.0 Å². The number of aliphatic carboxylic acids is 1. The molecule has 0 atom stereocenters. The minimum absolute atomic E-state index is 0.261. The number of aromatic nitrogens is 2. The van der Waals surface area contributed by atoms with Gasteiger partial charge in [-0.25, -0.2) is 0 Å². The largest absolute Gasteiger partial charge is 0.480 e. The first-order valence-electron chi connectivity index (χ1n) is 6.22. The van der Waals surface area contributed by atoms with Gasteiger partial charge in [-0.05, 0) is 18.9 Å². The monoisotopic (exact) mass is 251 g/mol. The molecule has 1 saturated carbocycles. The molecule has 98 valence electrons. The van der Waals surface area contributed by atoms with Gasteiger partial charge in [-0.3, -0.25) is 14.7 Å². The molecule has 0 aromatic carbocycles. The second-order valence-electron chi connectivity index (χ2n) is 4.62. The van der Waals surface area contributed by atoms with Gasteiger partial charge in [0.25, 0.3) is 5.91 Å². The third-order valence-corrected chi connectivity index (χ3v) is 3.28. The Kier molecular flexibility index (Phi) is 3.96. The van der Waals surface area contributed by atoms with E-state index in [9.17, 15) is 9.59 Å². The molecule has 0 spiro atoms. The first-order valence-corrected chi connectivity index (χ1v) is 6.22. The second-order valence-corrected chi connectivity index (χ2v) is 4.62. The summed E-state index contributed by atoms with van der Waals surface area (Å²) < 4.78 is 0. The molecule has 0 unspecified atom stereocenters. The van der Waals surface area contributed by atoms with E-state index in [1.165, 1.54) is 19.3 Å². The summed E-state index contributed by atoms with van der Waals surface area (Å²) in [6.07, 6.45) is 5.95. The number of carboxylic acids is 1. The molecule has 6 heteroatoms. The average molecular weight is 251 g/mol. The van der Waals surface area contributed by atoms with Gasteiger partial charge in [0.2, 0.25) is 0 Å². The molecule has 0 bridgehead atoms. The Labute approximate surface area is 105 Å². The van der Waals surface area contributed by atoms with E-state index in [2.05, 4.69) is 15.5 Å². The molecule has 1 aromatic heterocycles. The molecule has 3 N–H and O–H groups in total. The van der Waals surface area contributed by atoms with Crippen LogP contribution in [0.15, 0.2) is 6.07 Å². The maximum atomic E-state index is 11.6. The van der Waals surface area contributed by atoms with Crippen LogP contribution in [0.3, 0.4) is 0 Å². The fraction of sp³-hybridized carbons (Fsp3) is 0.583. The highest BCUT2D eigenvalue weighted by Crippen LogP contribution is 2.31. The molecule has 1 aliphatic carbocycles. The second kappa shape index (κ2) is 5.66. The van der Waals surface area contributed by atoms with Gasteiger partial charge in [-0.1, -0.05) is 19.3 Å². The number of hydrogen-bond acceptors (Lipinski definition) is 3. The Morgan fingerprint density at radius 3 is 2.78 bits per heavy atom. The predicted octanol–water partition coefficient (Wildman–Crippen LogP) is 1.27. The lowest BCUT2D eigenvalue weighted by atomic mass is 9.87.